The average Bonchev–Trinajstić information content (AvgIpc) is 2.63. The van der Waals surface area contributed by atoms with E-state index in [0.717, 1.165) is 16.3 Å². The van der Waals surface area contributed by atoms with E-state index in [-0.39, 0.29) is 6.42 Å². The van der Waals surface area contributed by atoms with Crippen LogP contribution in [0.25, 0.3) is 10.8 Å². The summed E-state index contributed by atoms with van der Waals surface area (Å²) in [6, 6.07) is 20.8. The Morgan fingerprint density at radius 2 is 1.64 bits per heavy atom. The Labute approximate surface area is 146 Å². The molecule has 0 aliphatic rings. The molecule has 0 fully saturated rings. The van der Waals surface area contributed by atoms with Crippen LogP contribution in [0.1, 0.15) is 12.5 Å². The number of rotatable bonds is 7. The Morgan fingerprint density at radius 1 is 0.960 bits per heavy atom. The van der Waals surface area contributed by atoms with Crippen molar-refractivity contribution in [1.82, 2.24) is 0 Å². The summed E-state index contributed by atoms with van der Waals surface area (Å²) in [5, 5.41) is 11.5. The molecule has 0 saturated carbocycles. The van der Waals surface area contributed by atoms with Crippen molar-refractivity contribution in [1.29, 1.82) is 0 Å². The second-order valence-electron chi connectivity index (χ2n) is 5.67. The highest BCUT2D eigenvalue weighted by Gasteiger charge is 2.22. The molecule has 0 heterocycles. The number of carboxylic acid groups (broad SMARTS) is 1. The van der Waals surface area contributed by atoms with Crippen molar-refractivity contribution in [3.05, 3.63) is 72.3 Å². The largest absolute Gasteiger partial charge is 0.494 e. The van der Waals surface area contributed by atoms with E-state index >= 15 is 0 Å². The molecule has 25 heavy (non-hydrogen) atoms. The third-order valence-electron chi connectivity index (χ3n) is 3.97. The zero-order valence-corrected chi connectivity index (χ0v) is 14.0. The lowest BCUT2D eigenvalue weighted by molar-refractivity contribution is -0.144. The van der Waals surface area contributed by atoms with E-state index in [9.17, 15) is 9.90 Å². The molecule has 0 amide bonds. The van der Waals surface area contributed by atoms with Crippen LogP contribution in [0.5, 0.6) is 11.5 Å². The number of hydrogen-bond acceptors (Lipinski definition) is 3. The molecule has 1 N–H and O–H groups in total. The van der Waals surface area contributed by atoms with Crippen LogP contribution in [-0.4, -0.2) is 23.8 Å². The normalized spacial score (nSPS) is 11.9. The molecule has 3 rings (SSSR count). The van der Waals surface area contributed by atoms with E-state index in [2.05, 4.69) is 0 Å². The zero-order chi connectivity index (χ0) is 17.6. The van der Waals surface area contributed by atoms with E-state index in [4.69, 9.17) is 9.47 Å². The molecule has 3 aromatic carbocycles. The first kappa shape index (κ1) is 16.8. The highest BCUT2D eigenvalue weighted by Crippen LogP contribution is 2.28. The Balaban J connectivity index is 1.88. The summed E-state index contributed by atoms with van der Waals surface area (Å²) in [6.45, 7) is 2.43. The van der Waals surface area contributed by atoms with Crippen LogP contribution < -0.4 is 9.47 Å². The van der Waals surface area contributed by atoms with E-state index in [1.165, 1.54) is 0 Å². The second kappa shape index (κ2) is 7.71. The average molecular weight is 336 g/mol. The highest BCUT2D eigenvalue weighted by molar-refractivity contribution is 5.88. The number of para-hydroxylation sites is 1. The lowest BCUT2D eigenvalue weighted by Crippen LogP contribution is -2.29. The predicted octanol–water partition coefficient (Wildman–Crippen LogP) is 4.31. The molecule has 0 bridgehead atoms. The monoisotopic (exact) mass is 336 g/mol. The number of fused-ring (bicyclic) bond motifs is 1. The predicted molar refractivity (Wildman–Crippen MR) is 97.3 cm³/mol. The van der Waals surface area contributed by atoms with Gasteiger partial charge in [-0.05, 0) is 30.0 Å². The van der Waals surface area contributed by atoms with Gasteiger partial charge in [-0.15, -0.1) is 0 Å². The molecular formula is C21H20O4. The SMILES string of the molecule is CCOc1ccccc1C[C@H](Oc1cccc2ccccc12)C(=O)O. The van der Waals surface area contributed by atoms with Crippen molar-refractivity contribution < 1.29 is 19.4 Å². The number of carbonyl (C=O) groups is 1. The van der Waals surface area contributed by atoms with Gasteiger partial charge in [0.15, 0.2) is 6.10 Å². The second-order valence-corrected chi connectivity index (χ2v) is 5.67. The Hall–Kier alpha value is -3.01. The fraction of sp³-hybridized carbons (Fsp3) is 0.190. The van der Waals surface area contributed by atoms with Crippen LogP contribution in [0.2, 0.25) is 0 Å². The van der Waals surface area contributed by atoms with Gasteiger partial charge in [-0.2, -0.15) is 0 Å². The first-order valence-electron chi connectivity index (χ1n) is 8.27. The summed E-state index contributed by atoms with van der Waals surface area (Å²) in [4.78, 5) is 11.7. The van der Waals surface area contributed by atoms with Gasteiger partial charge >= 0.3 is 5.97 Å². The van der Waals surface area contributed by atoms with Crippen LogP contribution in [0.3, 0.4) is 0 Å². The maximum Gasteiger partial charge on any atom is 0.345 e. The molecule has 4 nitrogen and oxygen atoms in total. The molecule has 0 saturated heterocycles. The Kier molecular flexibility index (Phi) is 5.19. The summed E-state index contributed by atoms with van der Waals surface area (Å²) in [5.74, 6) is 0.261. The quantitative estimate of drug-likeness (QED) is 0.698. The summed E-state index contributed by atoms with van der Waals surface area (Å²) >= 11 is 0. The third-order valence-corrected chi connectivity index (χ3v) is 3.97. The molecule has 0 aromatic heterocycles. The van der Waals surface area contributed by atoms with Crippen LogP contribution in [0.15, 0.2) is 66.7 Å². The van der Waals surface area contributed by atoms with Gasteiger partial charge in [0.1, 0.15) is 11.5 Å². The fourth-order valence-electron chi connectivity index (χ4n) is 2.80. The molecule has 0 radical (unpaired) electrons. The molecule has 1 atom stereocenters. The lowest BCUT2D eigenvalue weighted by atomic mass is 10.1. The number of hydrogen-bond donors (Lipinski definition) is 1. The standard InChI is InChI=1S/C21H20O4/c1-2-24-18-12-6-4-9-16(18)14-20(21(22)23)25-19-13-7-10-15-8-3-5-11-17(15)19/h3-13,20H,2,14H2,1H3,(H,22,23)/t20-/m0/s1. The first-order valence-corrected chi connectivity index (χ1v) is 8.27. The first-order chi connectivity index (χ1) is 12.2. The topological polar surface area (TPSA) is 55.8 Å². The minimum atomic E-state index is -1.00. The number of benzene rings is 3. The third kappa shape index (κ3) is 3.91. The van der Waals surface area contributed by atoms with Crippen LogP contribution in [0, 0.1) is 0 Å². The summed E-state index contributed by atoms with van der Waals surface area (Å²) in [7, 11) is 0. The van der Waals surface area contributed by atoms with Gasteiger partial charge in [-0.25, -0.2) is 4.79 Å². The molecule has 0 aliphatic carbocycles. The molecular weight excluding hydrogens is 316 g/mol. The van der Waals surface area contributed by atoms with E-state index in [1.54, 1.807) is 6.07 Å². The molecule has 0 aliphatic heterocycles. The van der Waals surface area contributed by atoms with Gasteiger partial charge in [-0.1, -0.05) is 54.6 Å². The van der Waals surface area contributed by atoms with Crippen molar-refractivity contribution in [2.75, 3.05) is 6.61 Å². The molecule has 3 aromatic rings. The van der Waals surface area contributed by atoms with Crippen molar-refractivity contribution in [2.45, 2.75) is 19.4 Å². The van der Waals surface area contributed by atoms with E-state index in [1.807, 2.05) is 67.6 Å². The Morgan fingerprint density at radius 3 is 2.44 bits per heavy atom. The van der Waals surface area contributed by atoms with Gasteiger partial charge in [0.2, 0.25) is 0 Å². The van der Waals surface area contributed by atoms with E-state index in [0.29, 0.717) is 18.1 Å². The van der Waals surface area contributed by atoms with Crippen molar-refractivity contribution in [3.63, 3.8) is 0 Å². The summed E-state index contributed by atoms with van der Waals surface area (Å²) < 4.78 is 11.5. The van der Waals surface area contributed by atoms with Gasteiger partial charge in [0, 0.05) is 11.8 Å². The smallest absolute Gasteiger partial charge is 0.345 e. The van der Waals surface area contributed by atoms with Crippen LogP contribution in [-0.2, 0) is 11.2 Å². The number of carboxylic acids is 1. The molecule has 128 valence electrons. The summed E-state index contributed by atoms with van der Waals surface area (Å²) in [5.41, 5.74) is 0.817. The van der Waals surface area contributed by atoms with Gasteiger partial charge in [0.05, 0.1) is 6.61 Å². The number of aliphatic carboxylic acids is 1. The zero-order valence-electron chi connectivity index (χ0n) is 14.0. The van der Waals surface area contributed by atoms with Crippen molar-refractivity contribution >= 4 is 16.7 Å². The molecule has 0 unspecified atom stereocenters. The minimum Gasteiger partial charge on any atom is -0.494 e. The molecule has 0 spiro atoms. The van der Waals surface area contributed by atoms with Crippen molar-refractivity contribution in [2.24, 2.45) is 0 Å². The van der Waals surface area contributed by atoms with Gasteiger partial charge < -0.3 is 14.6 Å². The summed E-state index contributed by atoms with van der Waals surface area (Å²) in [6.07, 6.45) is -0.762. The van der Waals surface area contributed by atoms with Gasteiger partial charge in [-0.3, -0.25) is 0 Å². The number of ether oxygens (including phenoxy) is 2. The lowest BCUT2D eigenvalue weighted by Gasteiger charge is -2.18. The van der Waals surface area contributed by atoms with Crippen LogP contribution in [0.4, 0.5) is 0 Å². The van der Waals surface area contributed by atoms with Crippen molar-refractivity contribution in [3.8, 4) is 11.5 Å². The maximum absolute atomic E-state index is 11.7. The Bertz CT molecular complexity index is 867. The molecule has 4 heteroatoms. The highest BCUT2D eigenvalue weighted by atomic mass is 16.5. The minimum absolute atomic E-state index is 0.231. The van der Waals surface area contributed by atoms with Gasteiger partial charge in [0.25, 0.3) is 0 Å². The maximum atomic E-state index is 11.7. The van der Waals surface area contributed by atoms with Crippen LogP contribution >= 0.6 is 0 Å². The fourth-order valence-corrected chi connectivity index (χ4v) is 2.80. The van der Waals surface area contributed by atoms with E-state index < -0.39 is 12.1 Å².